The molecular formula is C14H21ClN4S. The monoisotopic (exact) mass is 312 g/mol. The molecule has 0 radical (unpaired) electrons. The molecule has 0 bridgehead atoms. The molecule has 0 saturated carbocycles. The zero-order valence-electron chi connectivity index (χ0n) is 12.4. The van der Waals surface area contributed by atoms with Crippen LogP contribution in [0.1, 0.15) is 28.9 Å². The largest absolute Gasteiger partial charge is 0.314 e. The van der Waals surface area contributed by atoms with Crippen molar-refractivity contribution in [1.82, 2.24) is 20.1 Å². The molecule has 1 N–H and O–H groups in total. The summed E-state index contributed by atoms with van der Waals surface area (Å²) in [6, 6.07) is 0.339. The first-order valence-electron chi connectivity index (χ1n) is 6.83. The second kappa shape index (κ2) is 6.70. The number of rotatable bonds is 6. The van der Waals surface area contributed by atoms with E-state index in [0.29, 0.717) is 6.04 Å². The van der Waals surface area contributed by atoms with Crippen LogP contribution in [0.25, 0.3) is 0 Å². The first kappa shape index (κ1) is 15.5. The summed E-state index contributed by atoms with van der Waals surface area (Å²) < 4.78 is 1.74. The maximum Gasteiger partial charge on any atom is 0.130 e. The van der Waals surface area contributed by atoms with Gasteiger partial charge in [0.2, 0.25) is 0 Å². The molecule has 0 aliphatic carbocycles. The molecule has 0 amide bonds. The predicted octanol–water partition coefficient (Wildman–Crippen LogP) is 2.91. The van der Waals surface area contributed by atoms with E-state index in [1.165, 1.54) is 5.01 Å². The van der Waals surface area contributed by atoms with Crippen LogP contribution in [0.15, 0.2) is 5.38 Å². The maximum atomic E-state index is 6.33. The quantitative estimate of drug-likeness (QED) is 0.892. The molecule has 0 aliphatic rings. The molecule has 6 heteroatoms. The summed E-state index contributed by atoms with van der Waals surface area (Å²) in [5.41, 5.74) is 3.24. The molecule has 4 nitrogen and oxygen atoms in total. The van der Waals surface area contributed by atoms with Gasteiger partial charge in [-0.2, -0.15) is 5.10 Å². The molecule has 0 saturated heterocycles. The SMILES string of the molecule is CCNC(Cc1nc(C)cs1)Cc1c(C)nn(C)c1Cl. The van der Waals surface area contributed by atoms with Gasteiger partial charge in [-0.25, -0.2) is 4.98 Å². The third kappa shape index (κ3) is 3.59. The van der Waals surface area contributed by atoms with Crippen molar-refractivity contribution in [3.63, 3.8) is 0 Å². The van der Waals surface area contributed by atoms with Gasteiger partial charge in [0.15, 0.2) is 0 Å². The highest BCUT2D eigenvalue weighted by Gasteiger charge is 2.18. The number of aryl methyl sites for hydroxylation is 3. The van der Waals surface area contributed by atoms with Gasteiger partial charge in [0, 0.05) is 36.1 Å². The Morgan fingerprint density at radius 2 is 2.15 bits per heavy atom. The van der Waals surface area contributed by atoms with Crippen LogP contribution in [-0.2, 0) is 19.9 Å². The Hall–Kier alpha value is -0.910. The standard InChI is InChI=1S/C14H21ClN4S/c1-5-16-11(7-13-17-9(2)8-20-13)6-12-10(3)18-19(4)14(12)15/h8,11,16H,5-7H2,1-4H3. The Morgan fingerprint density at radius 1 is 1.40 bits per heavy atom. The van der Waals surface area contributed by atoms with Crippen LogP contribution in [0.4, 0.5) is 0 Å². The van der Waals surface area contributed by atoms with E-state index in [-0.39, 0.29) is 0 Å². The summed E-state index contributed by atoms with van der Waals surface area (Å²) in [5.74, 6) is 0. The zero-order valence-corrected chi connectivity index (χ0v) is 14.0. The number of thiazole rings is 1. The van der Waals surface area contributed by atoms with E-state index in [9.17, 15) is 0 Å². The van der Waals surface area contributed by atoms with E-state index >= 15 is 0 Å². The fraction of sp³-hybridized carbons (Fsp3) is 0.571. The lowest BCUT2D eigenvalue weighted by Gasteiger charge is -2.16. The molecule has 2 aromatic heterocycles. The van der Waals surface area contributed by atoms with E-state index in [0.717, 1.165) is 41.5 Å². The van der Waals surface area contributed by atoms with Gasteiger partial charge in [-0.3, -0.25) is 4.68 Å². The van der Waals surface area contributed by atoms with Crippen molar-refractivity contribution >= 4 is 22.9 Å². The van der Waals surface area contributed by atoms with Gasteiger partial charge >= 0.3 is 0 Å². The summed E-state index contributed by atoms with van der Waals surface area (Å²) in [5, 5.41) is 11.9. The molecule has 0 aromatic carbocycles. The minimum Gasteiger partial charge on any atom is -0.314 e. The molecule has 0 aliphatic heterocycles. The Morgan fingerprint density at radius 3 is 2.65 bits per heavy atom. The molecule has 20 heavy (non-hydrogen) atoms. The van der Waals surface area contributed by atoms with Crippen LogP contribution < -0.4 is 5.32 Å². The molecule has 2 rings (SSSR count). The number of hydrogen-bond donors (Lipinski definition) is 1. The molecule has 110 valence electrons. The second-order valence-electron chi connectivity index (χ2n) is 5.02. The van der Waals surface area contributed by atoms with E-state index in [1.54, 1.807) is 16.0 Å². The Kier molecular flexibility index (Phi) is 5.18. The fourth-order valence-electron chi connectivity index (χ4n) is 2.36. The van der Waals surface area contributed by atoms with Gasteiger partial charge in [0.25, 0.3) is 0 Å². The van der Waals surface area contributed by atoms with Crippen molar-refractivity contribution < 1.29 is 0 Å². The normalized spacial score (nSPS) is 12.8. The average Bonchev–Trinajstić information content (AvgIpc) is 2.89. The Labute approximate surface area is 129 Å². The van der Waals surface area contributed by atoms with Crippen molar-refractivity contribution in [2.45, 2.75) is 39.7 Å². The number of likely N-dealkylation sites (N-methyl/N-ethyl adjacent to an activating group) is 1. The maximum absolute atomic E-state index is 6.33. The lowest BCUT2D eigenvalue weighted by molar-refractivity contribution is 0.519. The number of halogens is 1. The number of aromatic nitrogens is 3. The summed E-state index contributed by atoms with van der Waals surface area (Å²) in [6.07, 6.45) is 1.81. The summed E-state index contributed by atoms with van der Waals surface area (Å²) in [4.78, 5) is 4.55. The fourth-order valence-corrected chi connectivity index (χ4v) is 3.47. The second-order valence-corrected chi connectivity index (χ2v) is 6.32. The minimum atomic E-state index is 0.339. The molecule has 1 atom stereocenters. The number of nitrogens with zero attached hydrogens (tertiary/aromatic N) is 3. The topological polar surface area (TPSA) is 42.7 Å². The summed E-state index contributed by atoms with van der Waals surface area (Å²) in [7, 11) is 1.88. The molecule has 0 spiro atoms. The van der Waals surface area contributed by atoms with Gasteiger partial charge in [-0.1, -0.05) is 18.5 Å². The third-order valence-electron chi connectivity index (χ3n) is 3.30. The highest BCUT2D eigenvalue weighted by atomic mass is 35.5. The van der Waals surface area contributed by atoms with Crippen LogP contribution in [0.3, 0.4) is 0 Å². The summed E-state index contributed by atoms with van der Waals surface area (Å²) >= 11 is 8.05. The Balaban J connectivity index is 2.12. The van der Waals surface area contributed by atoms with E-state index in [1.807, 2.05) is 20.9 Å². The molecule has 2 aromatic rings. The third-order valence-corrected chi connectivity index (χ3v) is 4.76. The highest BCUT2D eigenvalue weighted by Crippen LogP contribution is 2.22. The van der Waals surface area contributed by atoms with Gasteiger partial charge in [0.05, 0.1) is 10.7 Å². The highest BCUT2D eigenvalue weighted by molar-refractivity contribution is 7.09. The van der Waals surface area contributed by atoms with Gasteiger partial charge in [0.1, 0.15) is 5.15 Å². The van der Waals surface area contributed by atoms with Crippen molar-refractivity contribution in [3.8, 4) is 0 Å². The minimum absolute atomic E-state index is 0.339. The van der Waals surface area contributed by atoms with Crippen molar-refractivity contribution in [2.75, 3.05) is 6.54 Å². The zero-order chi connectivity index (χ0) is 14.7. The Bertz CT molecular complexity index is 576. The average molecular weight is 313 g/mol. The van der Waals surface area contributed by atoms with Gasteiger partial charge in [-0.15, -0.1) is 11.3 Å². The van der Waals surface area contributed by atoms with Crippen LogP contribution >= 0.6 is 22.9 Å². The van der Waals surface area contributed by atoms with Crippen LogP contribution in [0.2, 0.25) is 5.15 Å². The van der Waals surface area contributed by atoms with E-state index < -0.39 is 0 Å². The first-order valence-corrected chi connectivity index (χ1v) is 8.09. The van der Waals surface area contributed by atoms with E-state index in [2.05, 4.69) is 27.7 Å². The van der Waals surface area contributed by atoms with E-state index in [4.69, 9.17) is 11.6 Å². The molecular weight excluding hydrogens is 292 g/mol. The number of nitrogens with one attached hydrogen (secondary N) is 1. The lowest BCUT2D eigenvalue weighted by atomic mass is 10.0. The van der Waals surface area contributed by atoms with Crippen molar-refractivity contribution in [3.05, 3.63) is 32.5 Å². The van der Waals surface area contributed by atoms with Crippen LogP contribution in [0, 0.1) is 13.8 Å². The molecule has 1 unspecified atom stereocenters. The summed E-state index contributed by atoms with van der Waals surface area (Å²) in [6.45, 7) is 7.10. The van der Waals surface area contributed by atoms with Gasteiger partial charge in [-0.05, 0) is 26.8 Å². The first-order chi connectivity index (χ1) is 9.51. The number of hydrogen-bond acceptors (Lipinski definition) is 4. The predicted molar refractivity (Wildman–Crippen MR) is 84.7 cm³/mol. The van der Waals surface area contributed by atoms with Crippen LogP contribution in [-0.4, -0.2) is 27.4 Å². The molecule has 0 fully saturated rings. The smallest absolute Gasteiger partial charge is 0.130 e. The lowest BCUT2D eigenvalue weighted by Crippen LogP contribution is -2.33. The van der Waals surface area contributed by atoms with Crippen molar-refractivity contribution in [1.29, 1.82) is 0 Å². The van der Waals surface area contributed by atoms with Crippen molar-refractivity contribution in [2.24, 2.45) is 7.05 Å². The van der Waals surface area contributed by atoms with Crippen LogP contribution in [0.5, 0.6) is 0 Å². The van der Waals surface area contributed by atoms with Gasteiger partial charge < -0.3 is 5.32 Å². The molecule has 2 heterocycles.